The van der Waals surface area contributed by atoms with E-state index >= 15 is 0 Å². The zero-order valence-electron chi connectivity index (χ0n) is 14.4. The monoisotopic (exact) mass is 344 g/mol. The summed E-state index contributed by atoms with van der Waals surface area (Å²) in [5.41, 5.74) is 2.20. The van der Waals surface area contributed by atoms with Gasteiger partial charge in [0.25, 0.3) is 5.91 Å². The molecular weight excluding hydrogens is 324 g/mol. The molecule has 4 nitrogen and oxygen atoms in total. The van der Waals surface area contributed by atoms with Gasteiger partial charge in [0.05, 0.1) is 6.42 Å². The molecule has 0 unspecified atom stereocenters. The number of amides is 2. The van der Waals surface area contributed by atoms with Gasteiger partial charge >= 0.3 is 0 Å². The summed E-state index contributed by atoms with van der Waals surface area (Å²) in [6.45, 7) is 0. The molecule has 1 aliphatic carbocycles. The molecule has 4 rings (SSSR count). The van der Waals surface area contributed by atoms with Crippen LogP contribution in [0.25, 0.3) is 10.8 Å². The van der Waals surface area contributed by atoms with E-state index in [0.717, 1.165) is 29.2 Å². The van der Waals surface area contributed by atoms with Crippen molar-refractivity contribution < 1.29 is 9.59 Å². The van der Waals surface area contributed by atoms with Crippen LogP contribution in [0.1, 0.15) is 28.8 Å². The van der Waals surface area contributed by atoms with Gasteiger partial charge in [0.15, 0.2) is 0 Å². The molecule has 0 bridgehead atoms. The molecule has 130 valence electrons. The minimum atomic E-state index is -0.0962. The van der Waals surface area contributed by atoms with E-state index in [0.29, 0.717) is 23.7 Å². The van der Waals surface area contributed by atoms with Crippen molar-refractivity contribution in [2.45, 2.75) is 25.3 Å². The standard InChI is InChI=1S/C22H20N2O2/c25-21(14-16-7-3-6-15-5-1-2-10-20(15)16)23-19-9-4-8-17(13-19)22(26)24-18-11-12-18/h1-10,13,18H,11-12,14H2,(H,23,25)(H,24,26). The van der Waals surface area contributed by atoms with Gasteiger partial charge in [-0.25, -0.2) is 0 Å². The first-order chi connectivity index (χ1) is 12.7. The fourth-order valence-electron chi connectivity index (χ4n) is 3.06. The van der Waals surface area contributed by atoms with E-state index < -0.39 is 0 Å². The largest absolute Gasteiger partial charge is 0.349 e. The Morgan fingerprint density at radius 3 is 2.54 bits per heavy atom. The minimum absolute atomic E-state index is 0.0855. The average molecular weight is 344 g/mol. The molecule has 0 spiro atoms. The van der Waals surface area contributed by atoms with Crippen LogP contribution >= 0.6 is 0 Å². The lowest BCUT2D eigenvalue weighted by Gasteiger charge is -2.09. The van der Waals surface area contributed by atoms with Crippen molar-refractivity contribution in [2.75, 3.05) is 5.32 Å². The number of hydrogen-bond donors (Lipinski definition) is 2. The third kappa shape index (κ3) is 3.75. The zero-order valence-corrected chi connectivity index (χ0v) is 14.4. The molecule has 3 aromatic carbocycles. The highest BCUT2D eigenvalue weighted by molar-refractivity contribution is 5.99. The van der Waals surface area contributed by atoms with Gasteiger partial charge in [-0.3, -0.25) is 9.59 Å². The van der Waals surface area contributed by atoms with Crippen LogP contribution in [0.3, 0.4) is 0 Å². The molecule has 1 fully saturated rings. The van der Waals surface area contributed by atoms with Gasteiger partial charge in [-0.1, -0.05) is 48.5 Å². The highest BCUT2D eigenvalue weighted by Gasteiger charge is 2.23. The lowest BCUT2D eigenvalue weighted by Crippen LogP contribution is -2.25. The summed E-state index contributed by atoms with van der Waals surface area (Å²) in [5.74, 6) is -0.182. The van der Waals surface area contributed by atoms with Crippen LogP contribution in [0.15, 0.2) is 66.7 Å². The fourth-order valence-corrected chi connectivity index (χ4v) is 3.06. The molecule has 26 heavy (non-hydrogen) atoms. The van der Waals surface area contributed by atoms with Gasteiger partial charge in [-0.15, -0.1) is 0 Å². The second-order valence-corrected chi connectivity index (χ2v) is 6.69. The van der Waals surface area contributed by atoms with Crippen molar-refractivity contribution in [1.82, 2.24) is 5.32 Å². The van der Waals surface area contributed by atoms with E-state index in [2.05, 4.69) is 10.6 Å². The molecule has 3 aromatic rings. The van der Waals surface area contributed by atoms with Crippen molar-refractivity contribution in [3.05, 3.63) is 77.9 Å². The summed E-state index contributed by atoms with van der Waals surface area (Å²) in [5, 5.41) is 8.07. The number of hydrogen-bond acceptors (Lipinski definition) is 2. The first kappa shape index (κ1) is 16.3. The van der Waals surface area contributed by atoms with Gasteiger partial charge in [-0.2, -0.15) is 0 Å². The van der Waals surface area contributed by atoms with Crippen molar-refractivity contribution >= 4 is 28.3 Å². The van der Waals surface area contributed by atoms with Crippen molar-refractivity contribution in [3.63, 3.8) is 0 Å². The Morgan fingerprint density at radius 1 is 0.923 bits per heavy atom. The van der Waals surface area contributed by atoms with E-state index in [4.69, 9.17) is 0 Å². The smallest absolute Gasteiger partial charge is 0.251 e. The first-order valence-corrected chi connectivity index (χ1v) is 8.86. The number of fused-ring (bicyclic) bond motifs is 1. The lowest BCUT2D eigenvalue weighted by atomic mass is 10.0. The molecule has 0 aromatic heterocycles. The Hall–Kier alpha value is -3.14. The Balaban J connectivity index is 1.47. The van der Waals surface area contributed by atoms with Crippen molar-refractivity contribution in [2.24, 2.45) is 0 Å². The molecule has 0 aliphatic heterocycles. The van der Waals surface area contributed by atoms with Crippen LogP contribution < -0.4 is 10.6 Å². The second-order valence-electron chi connectivity index (χ2n) is 6.69. The molecule has 1 saturated carbocycles. The quantitative estimate of drug-likeness (QED) is 0.737. The number of benzene rings is 3. The Labute approximate surface area is 152 Å². The summed E-state index contributed by atoms with van der Waals surface area (Å²) < 4.78 is 0. The van der Waals surface area contributed by atoms with E-state index in [1.807, 2.05) is 42.5 Å². The van der Waals surface area contributed by atoms with E-state index in [-0.39, 0.29) is 11.8 Å². The third-order valence-electron chi connectivity index (χ3n) is 4.55. The van der Waals surface area contributed by atoms with Crippen molar-refractivity contribution in [3.8, 4) is 0 Å². The Kier molecular flexibility index (Phi) is 4.40. The van der Waals surface area contributed by atoms with Gasteiger partial charge in [-0.05, 0) is 47.4 Å². The maximum atomic E-state index is 12.5. The van der Waals surface area contributed by atoms with Crippen LogP contribution in [0.2, 0.25) is 0 Å². The number of nitrogens with one attached hydrogen (secondary N) is 2. The topological polar surface area (TPSA) is 58.2 Å². The lowest BCUT2D eigenvalue weighted by molar-refractivity contribution is -0.115. The van der Waals surface area contributed by atoms with Crippen LogP contribution in [-0.2, 0) is 11.2 Å². The van der Waals surface area contributed by atoms with Crippen LogP contribution in [0, 0.1) is 0 Å². The minimum Gasteiger partial charge on any atom is -0.349 e. The van der Waals surface area contributed by atoms with Gasteiger partial charge < -0.3 is 10.6 Å². The fraction of sp³-hybridized carbons (Fsp3) is 0.182. The Morgan fingerprint density at radius 2 is 1.69 bits per heavy atom. The maximum absolute atomic E-state index is 12.5. The van der Waals surface area contributed by atoms with Crippen molar-refractivity contribution in [1.29, 1.82) is 0 Å². The second kappa shape index (κ2) is 7.00. The molecule has 0 radical (unpaired) electrons. The predicted octanol–water partition coefficient (Wildman–Crippen LogP) is 3.91. The molecule has 0 heterocycles. The summed E-state index contributed by atoms with van der Waals surface area (Å²) in [7, 11) is 0. The SMILES string of the molecule is O=C(Cc1cccc2ccccc12)Nc1cccc(C(=O)NC2CC2)c1. The number of carbonyl (C=O) groups excluding carboxylic acids is 2. The molecule has 2 N–H and O–H groups in total. The molecule has 4 heteroatoms. The summed E-state index contributed by atoms with van der Waals surface area (Å²) in [6.07, 6.45) is 2.39. The average Bonchev–Trinajstić information content (AvgIpc) is 3.46. The highest BCUT2D eigenvalue weighted by atomic mass is 16.2. The molecular formula is C22H20N2O2. The molecule has 0 atom stereocenters. The summed E-state index contributed by atoms with van der Waals surface area (Å²) in [6, 6.07) is 21.4. The Bertz CT molecular complexity index is 971. The highest BCUT2D eigenvalue weighted by Crippen LogP contribution is 2.21. The predicted molar refractivity (Wildman–Crippen MR) is 103 cm³/mol. The van der Waals surface area contributed by atoms with Gasteiger partial charge in [0.1, 0.15) is 0 Å². The zero-order chi connectivity index (χ0) is 17.9. The van der Waals surface area contributed by atoms with Gasteiger partial charge in [0.2, 0.25) is 5.91 Å². The molecule has 1 aliphatic rings. The first-order valence-electron chi connectivity index (χ1n) is 8.86. The van der Waals surface area contributed by atoms with E-state index in [1.54, 1.807) is 24.3 Å². The third-order valence-corrected chi connectivity index (χ3v) is 4.55. The maximum Gasteiger partial charge on any atom is 0.251 e. The molecule has 0 saturated heterocycles. The number of rotatable bonds is 5. The van der Waals surface area contributed by atoms with E-state index in [9.17, 15) is 9.59 Å². The van der Waals surface area contributed by atoms with Crippen LogP contribution in [-0.4, -0.2) is 17.9 Å². The number of carbonyl (C=O) groups is 2. The van der Waals surface area contributed by atoms with Crippen LogP contribution in [0.4, 0.5) is 5.69 Å². The number of anilines is 1. The summed E-state index contributed by atoms with van der Waals surface area (Å²) >= 11 is 0. The molecule has 2 amide bonds. The van der Waals surface area contributed by atoms with E-state index in [1.165, 1.54) is 0 Å². The van der Waals surface area contributed by atoms with Gasteiger partial charge in [0, 0.05) is 17.3 Å². The summed E-state index contributed by atoms with van der Waals surface area (Å²) in [4.78, 5) is 24.6. The normalized spacial score (nSPS) is 13.4. The van der Waals surface area contributed by atoms with Crippen LogP contribution in [0.5, 0.6) is 0 Å².